The van der Waals surface area contributed by atoms with E-state index in [-0.39, 0.29) is 11.6 Å². The van der Waals surface area contributed by atoms with Crippen LogP contribution in [0.1, 0.15) is 33.1 Å². The molecule has 0 radical (unpaired) electrons. The molecule has 1 saturated carbocycles. The molecule has 84 valence electrons. The number of allylic oxidation sites excluding steroid dienone is 2. The number of carbonyl (C=O) groups excluding carboxylic acids is 1. The number of hydrogen-bond donors (Lipinski definition) is 1. The van der Waals surface area contributed by atoms with Crippen LogP contribution >= 0.6 is 0 Å². The van der Waals surface area contributed by atoms with E-state index in [2.05, 4.69) is 13.0 Å². The first-order valence-corrected chi connectivity index (χ1v) is 5.70. The number of hydrogen-bond acceptors (Lipinski definition) is 3. The summed E-state index contributed by atoms with van der Waals surface area (Å²) in [7, 11) is 0. The van der Waals surface area contributed by atoms with Gasteiger partial charge in [-0.05, 0) is 25.2 Å². The fourth-order valence-corrected chi connectivity index (χ4v) is 3.03. The number of fused-ring (bicyclic) bond motifs is 1. The highest BCUT2D eigenvalue weighted by Crippen LogP contribution is 2.54. The highest BCUT2D eigenvalue weighted by Gasteiger charge is 2.56. The number of rotatable bonds is 3. The molecule has 0 amide bonds. The third-order valence-electron chi connectivity index (χ3n) is 3.85. The maximum absolute atomic E-state index is 11.1. The standard InChI is InChI=1S/C12H19NO2/c1-3-9-4-10-6-12(7-13,11(10)5-9)15-8(2)14/h4,10-11H,3,5-7,13H2,1-2H3/t10-,11-,12-/m0/s1. The summed E-state index contributed by atoms with van der Waals surface area (Å²) in [5.74, 6) is 0.841. The van der Waals surface area contributed by atoms with Crippen molar-refractivity contribution < 1.29 is 9.53 Å². The molecule has 0 bridgehead atoms. The zero-order chi connectivity index (χ0) is 11.1. The Hall–Kier alpha value is -0.830. The van der Waals surface area contributed by atoms with Crippen molar-refractivity contribution in [2.45, 2.75) is 38.7 Å². The third-order valence-corrected chi connectivity index (χ3v) is 3.85. The molecule has 3 nitrogen and oxygen atoms in total. The van der Waals surface area contributed by atoms with Crippen molar-refractivity contribution in [3.05, 3.63) is 11.6 Å². The fraction of sp³-hybridized carbons (Fsp3) is 0.750. The number of nitrogens with two attached hydrogens (primary N) is 1. The van der Waals surface area contributed by atoms with Crippen molar-refractivity contribution >= 4 is 5.97 Å². The van der Waals surface area contributed by atoms with E-state index >= 15 is 0 Å². The van der Waals surface area contributed by atoms with Gasteiger partial charge >= 0.3 is 5.97 Å². The van der Waals surface area contributed by atoms with Crippen LogP contribution < -0.4 is 5.73 Å². The van der Waals surface area contributed by atoms with Crippen LogP contribution in [-0.4, -0.2) is 18.1 Å². The van der Waals surface area contributed by atoms with E-state index in [0.717, 1.165) is 19.3 Å². The number of ether oxygens (including phenoxy) is 1. The molecule has 0 aromatic heterocycles. The Kier molecular flexibility index (Phi) is 2.59. The van der Waals surface area contributed by atoms with Gasteiger partial charge in [0, 0.05) is 19.4 Å². The summed E-state index contributed by atoms with van der Waals surface area (Å²) < 4.78 is 5.43. The predicted molar refractivity (Wildman–Crippen MR) is 58.1 cm³/mol. The Morgan fingerprint density at radius 3 is 3.00 bits per heavy atom. The third kappa shape index (κ3) is 1.59. The van der Waals surface area contributed by atoms with Crippen LogP contribution in [0, 0.1) is 11.8 Å². The predicted octanol–water partition coefficient (Wildman–Crippen LogP) is 1.62. The molecule has 2 aliphatic carbocycles. The smallest absolute Gasteiger partial charge is 0.303 e. The van der Waals surface area contributed by atoms with Gasteiger partial charge in [0.15, 0.2) is 0 Å². The minimum Gasteiger partial charge on any atom is -0.458 e. The molecule has 2 rings (SSSR count). The average Bonchev–Trinajstić information content (AvgIpc) is 2.53. The number of esters is 1. The van der Waals surface area contributed by atoms with Gasteiger partial charge in [0.2, 0.25) is 0 Å². The molecule has 2 aliphatic rings. The van der Waals surface area contributed by atoms with E-state index in [4.69, 9.17) is 10.5 Å². The maximum atomic E-state index is 11.1. The van der Waals surface area contributed by atoms with Gasteiger partial charge in [-0.3, -0.25) is 4.79 Å². The first kappa shape index (κ1) is 10.7. The monoisotopic (exact) mass is 209 g/mol. The van der Waals surface area contributed by atoms with Crippen LogP contribution in [0.15, 0.2) is 11.6 Å². The van der Waals surface area contributed by atoms with Gasteiger partial charge in [-0.25, -0.2) is 0 Å². The highest BCUT2D eigenvalue weighted by molar-refractivity contribution is 5.67. The molecule has 15 heavy (non-hydrogen) atoms. The first-order chi connectivity index (χ1) is 7.11. The SMILES string of the molecule is CCC1=C[C@H]2C[C@@](CN)(OC(C)=O)[C@H]2C1. The van der Waals surface area contributed by atoms with E-state index < -0.39 is 0 Å². The molecule has 0 spiro atoms. The summed E-state index contributed by atoms with van der Waals surface area (Å²) in [4.78, 5) is 11.1. The van der Waals surface area contributed by atoms with Gasteiger partial charge in [-0.1, -0.05) is 18.6 Å². The summed E-state index contributed by atoms with van der Waals surface area (Å²) in [6, 6.07) is 0. The highest BCUT2D eigenvalue weighted by atomic mass is 16.6. The van der Waals surface area contributed by atoms with E-state index in [9.17, 15) is 4.79 Å². The maximum Gasteiger partial charge on any atom is 0.303 e. The summed E-state index contributed by atoms with van der Waals surface area (Å²) in [5.41, 5.74) is 6.90. The van der Waals surface area contributed by atoms with Crippen molar-refractivity contribution in [3.63, 3.8) is 0 Å². The van der Waals surface area contributed by atoms with Crippen LogP contribution in [0.4, 0.5) is 0 Å². The lowest BCUT2D eigenvalue weighted by Gasteiger charge is -2.50. The number of carbonyl (C=O) groups is 1. The normalized spacial score (nSPS) is 37.9. The van der Waals surface area contributed by atoms with E-state index in [1.807, 2.05) is 0 Å². The van der Waals surface area contributed by atoms with Crippen molar-refractivity contribution in [2.24, 2.45) is 17.6 Å². The molecular formula is C12H19NO2. The van der Waals surface area contributed by atoms with E-state index in [0.29, 0.717) is 18.4 Å². The molecule has 0 heterocycles. The van der Waals surface area contributed by atoms with Gasteiger partial charge in [0.05, 0.1) is 0 Å². The first-order valence-electron chi connectivity index (χ1n) is 5.70. The summed E-state index contributed by atoms with van der Waals surface area (Å²) in [5, 5.41) is 0. The average molecular weight is 209 g/mol. The zero-order valence-corrected chi connectivity index (χ0v) is 9.45. The fourth-order valence-electron chi connectivity index (χ4n) is 3.03. The van der Waals surface area contributed by atoms with Crippen LogP contribution in [-0.2, 0) is 9.53 Å². The zero-order valence-electron chi connectivity index (χ0n) is 9.45. The second-order valence-corrected chi connectivity index (χ2v) is 4.72. The lowest BCUT2D eigenvalue weighted by Crippen LogP contribution is -2.59. The van der Waals surface area contributed by atoms with Gasteiger partial charge < -0.3 is 10.5 Å². The van der Waals surface area contributed by atoms with Gasteiger partial charge in [0.1, 0.15) is 5.60 Å². The van der Waals surface area contributed by atoms with Gasteiger partial charge in [-0.15, -0.1) is 0 Å². The quantitative estimate of drug-likeness (QED) is 0.567. The molecule has 0 aromatic rings. The Labute approximate surface area is 90.7 Å². The Morgan fingerprint density at radius 1 is 1.73 bits per heavy atom. The van der Waals surface area contributed by atoms with Gasteiger partial charge in [-0.2, -0.15) is 0 Å². The minimum absolute atomic E-state index is 0.205. The molecule has 3 heteroatoms. The molecule has 3 atom stereocenters. The molecule has 0 saturated heterocycles. The van der Waals surface area contributed by atoms with Crippen molar-refractivity contribution in [1.82, 2.24) is 0 Å². The summed E-state index contributed by atoms with van der Waals surface area (Å²) in [6.45, 7) is 4.10. The van der Waals surface area contributed by atoms with Crippen molar-refractivity contribution in [3.8, 4) is 0 Å². The van der Waals surface area contributed by atoms with Crippen LogP contribution in [0.25, 0.3) is 0 Å². The summed E-state index contributed by atoms with van der Waals surface area (Å²) in [6.07, 6.45) is 5.43. The lowest BCUT2D eigenvalue weighted by molar-refractivity contribution is -0.183. The topological polar surface area (TPSA) is 52.3 Å². The van der Waals surface area contributed by atoms with Crippen molar-refractivity contribution in [1.29, 1.82) is 0 Å². The van der Waals surface area contributed by atoms with Gasteiger partial charge in [0.25, 0.3) is 0 Å². The Morgan fingerprint density at radius 2 is 2.47 bits per heavy atom. The second-order valence-electron chi connectivity index (χ2n) is 4.72. The van der Waals surface area contributed by atoms with Crippen LogP contribution in [0.5, 0.6) is 0 Å². The molecule has 1 fully saturated rings. The van der Waals surface area contributed by atoms with Crippen LogP contribution in [0.2, 0.25) is 0 Å². The molecular weight excluding hydrogens is 190 g/mol. The minimum atomic E-state index is -0.357. The van der Waals surface area contributed by atoms with Crippen LogP contribution in [0.3, 0.4) is 0 Å². The Bertz CT molecular complexity index is 311. The lowest BCUT2D eigenvalue weighted by atomic mass is 9.62. The Balaban J connectivity index is 2.06. The molecule has 2 N–H and O–H groups in total. The molecule has 0 aliphatic heterocycles. The van der Waals surface area contributed by atoms with Crippen molar-refractivity contribution in [2.75, 3.05) is 6.54 Å². The summed E-state index contributed by atoms with van der Waals surface area (Å²) >= 11 is 0. The van der Waals surface area contributed by atoms with E-state index in [1.165, 1.54) is 12.5 Å². The van der Waals surface area contributed by atoms with E-state index in [1.54, 1.807) is 0 Å². The largest absolute Gasteiger partial charge is 0.458 e. The second kappa shape index (κ2) is 3.63. The molecule has 0 unspecified atom stereocenters. The molecule has 0 aromatic carbocycles.